The van der Waals surface area contributed by atoms with Crippen LogP contribution in [0.25, 0.3) is 11.4 Å². The number of hydrogen-bond acceptors (Lipinski definition) is 5. The number of amides is 1. The lowest BCUT2D eigenvalue weighted by Crippen LogP contribution is -2.15. The summed E-state index contributed by atoms with van der Waals surface area (Å²) >= 11 is 7.46. The monoisotopic (exact) mass is 430 g/mol. The van der Waals surface area contributed by atoms with Crippen LogP contribution in [0.3, 0.4) is 0 Å². The van der Waals surface area contributed by atoms with Gasteiger partial charge in [-0.2, -0.15) is 0 Å². The van der Waals surface area contributed by atoms with Crippen molar-refractivity contribution in [2.24, 2.45) is 0 Å². The normalized spacial score (nSPS) is 10.8. The number of benzene rings is 2. The minimum Gasteiger partial charge on any atom is -0.493 e. The molecule has 0 atom stereocenters. The summed E-state index contributed by atoms with van der Waals surface area (Å²) in [5, 5.41) is 12.9. The molecule has 0 saturated carbocycles. The van der Waals surface area contributed by atoms with Gasteiger partial charge in [0.15, 0.2) is 11.0 Å². The molecule has 0 spiro atoms. The van der Waals surface area contributed by atoms with E-state index in [1.165, 1.54) is 11.8 Å². The van der Waals surface area contributed by atoms with Crippen LogP contribution >= 0.6 is 23.4 Å². The van der Waals surface area contributed by atoms with Crippen LogP contribution < -0.4 is 10.1 Å². The summed E-state index contributed by atoms with van der Waals surface area (Å²) in [5.74, 6) is 1.59. The molecule has 2 aromatic carbocycles. The number of halogens is 1. The lowest BCUT2D eigenvalue weighted by molar-refractivity contribution is -0.113. The molecule has 0 unspecified atom stereocenters. The van der Waals surface area contributed by atoms with Crippen LogP contribution in [-0.2, 0) is 11.3 Å². The van der Waals surface area contributed by atoms with Crippen LogP contribution in [0.15, 0.2) is 47.6 Å². The predicted octanol–water partition coefficient (Wildman–Crippen LogP) is 5.06. The standard InChI is InChI=1S/C21H23ClN4O2S/c1-4-26-20(15-9-6-7-12-18(15)28-5-2)24-25-21(26)29-13-19(27)23-17-11-8-10-16(22)14(17)3/h6-12H,4-5,13H2,1-3H3,(H,23,27). The van der Waals surface area contributed by atoms with E-state index < -0.39 is 0 Å². The molecular weight excluding hydrogens is 408 g/mol. The van der Waals surface area contributed by atoms with Gasteiger partial charge in [0, 0.05) is 17.3 Å². The van der Waals surface area contributed by atoms with Crippen molar-refractivity contribution in [3.05, 3.63) is 53.1 Å². The maximum Gasteiger partial charge on any atom is 0.234 e. The van der Waals surface area contributed by atoms with E-state index in [9.17, 15) is 4.79 Å². The number of anilines is 1. The molecule has 0 fully saturated rings. The Labute approximate surface area is 179 Å². The van der Waals surface area contributed by atoms with Crippen molar-refractivity contribution in [2.45, 2.75) is 32.5 Å². The number of nitrogens with zero attached hydrogens (tertiary/aromatic N) is 3. The zero-order valence-electron chi connectivity index (χ0n) is 16.6. The van der Waals surface area contributed by atoms with E-state index in [4.69, 9.17) is 16.3 Å². The topological polar surface area (TPSA) is 69.0 Å². The number of hydrogen-bond donors (Lipinski definition) is 1. The predicted molar refractivity (Wildman–Crippen MR) is 118 cm³/mol. The van der Waals surface area contributed by atoms with Gasteiger partial charge in [0.2, 0.25) is 5.91 Å². The second-order valence-electron chi connectivity index (χ2n) is 6.23. The average molecular weight is 431 g/mol. The molecule has 1 aromatic heterocycles. The third kappa shape index (κ3) is 4.92. The maximum absolute atomic E-state index is 12.4. The molecule has 6 nitrogen and oxygen atoms in total. The van der Waals surface area contributed by atoms with Crippen molar-refractivity contribution in [1.29, 1.82) is 0 Å². The van der Waals surface area contributed by atoms with Gasteiger partial charge in [0.1, 0.15) is 5.75 Å². The van der Waals surface area contributed by atoms with Crippen molar-refractivity contribution in [3.63, 3.8) is 0 Å². The minimum absolute atomic E-state index is 0.123. The van der Waals surface area contributed by atoms with Crippen molar-refractivity contribution in [1.82, 2.24) is 14.8 Å². The molecule has 8 heteroatoms. The Hall–Kier alpha value is -2.51. The van der Waals surface area contributed by atoms with Gasteiger partial charge in [-0.1, -0.05) is 41.6 Å². The number of para-hydroxylation sites is 1. The molecule has 0 saturated heterocycles. The van der Waals surface area contributed by atoms with Gasteiger partial charge in [-0.25, -0.2) is 0 Å². The number of ether oxygens (including phenoxy) is 1. The van der Waals surface area contributed by atoms with Crippen molar-refractivity contribution in [2.75, 3.05) is 17.7 Å². The van der Waals surface area contributed by atoms with Gasteiger partial charge in [-0.3, -0.25) is 4.79 Å². The second kappa shape index (κ2) is 9.80. The van der Waals surface area contributed by atoms with Crippen LogP contribution in [-0.4, -0.2) is 33.0 Å². The number of nitrogens with one attached hydrogen (secondary N) is 1. The molecule has 152 valence electrons. The molecule has 29 heavy (non-hydrogen) atoms. The molecule has 0 aliphatic rings. The Balaban J connectivity index is 1.74. The Morgan fingerprint density at radius 3 is 2.72 bits per heavy atom. The zero-order valence-corrected chi connectivity index (χ0v) is 18.2. The highest BCUT2D eigenvalue weighted by molar-refractivity contribution is 7.99. The number of carbonyl (C=O) groups excluding carboxylic acids is 1. The first-order chi connectivity index (χ1) is 14.0. The van der Waals surface area contributed by atoms with E-state index >= 15 is 0 Å². The van der Waals surface area contributed by atoms with Gasteiger partial charge in [-0.05, 0) is 50.6 Å². The number of aromatic nitrogens is 3. The Kier molecular flexibility index (Phi) is 7.17. The van der Waals surface area contributed by atoms with Crippen molar-refractivity contribution >= 4 is 35.0 Å². The van der Waals surface area contributed by atoms with Gasteiger partial charge >= 0.3 is 0 Å². The maximum atomic E-state index is 12.4. The lowest BCUT2D eigenvalue weighted by atomic mass is 10.2. The van der Waals surface area contributed by atoms with E-state index in [-0.39, 0.29) is 11.7 Å². The van der Waals surface area contributed by atoms with Gasteiger partial charge in [0.25, 0.3) is 0 Å². The molecule has 0 aliphatic carbocycles. The summed E-state index contributed by atoms with van der Waals surface area (Å²) in [5.41, 5.74) is 2.44. The molecule has 1 heterocycles. The van der Waals surface area contributed by atoms with Crippen molar-refractivity contribution in [3.8, 4) is 17.1 Å². The summed E-state index contributed by atoms with van der Waals surface area (Å²) < 4.78 is 7.71. The quantitative estimate of drug-likeness (QED) is 0.506. The van der Waals surface area contributed by atoms with Crippen LogP contribution in [0.1, 0.15) is 19.4 Å². The smallest absolute Gasteiger partial charge is 0.234 e. The van der Waals surface area contributed by atoms with Gasteiger partial charge < -0.3 is 14.6 Å². The molecule has 3 aromatic rings. The largest absolute Gasteiger partial charge is 0.493 e. The Morgan fingerprint density at radius 1 is 1.17 bits per heavy atom. The number of carbonyl (C=O) groups is 1. The van der Waals surface area contributed by atoms with Crippen molar-refractivity contribution < 1.29 is 9.53 Å². The molecule has 0 bridgehead atoms. The highest BCUT2D eigenvalue weighted by atomic mass is 35.5. The van der Waals surface area contributed by atoms with Crippen LogP contribution in [0.4, 0.5) is 5.69 Å². The lowest BCUT2D eigenvalue weighted by Gasteiger charge is -2.12. The highest BCUT2D eigenvalue weighted by Crippen LogP contribution is 2.31. The highest BCUT2D eigenvalue weighted by Gasteiger charge is 2.17. The molecule has 0 radical (unpaired) electrons. The molecular formula is C21H23ClN4O2S. The minimum atomic E-state index is -0.123. The fourth-order valence-electron chi connectivity index (χ4n) is 2.87. The second-order valence-corrected chi connectivity index (χ2v) is 7.58. The average Bonchev–Trinajstić information content (AvgIpc) is 3.13. The molecule has 3 rings (SSSR count). The first-order valence-corrected chi connectivity index (χ1v) is 10.7. The molecule has 1 amide bonds. The SMILES string of the molecule is CCOc1ccccc1-c1nnc(SCC(=O)Nc2cccc(Cl)c2C)n1CC. The third-order valence-corrected chi connectivity index (χ3v) is 5.71. The molecule has 1 N–H and O–H groups in total. The third-order valence-electron chi connectivity index (χ3n) is 4.34. The van der Waals surface area contributed by atoms with Crippen LogP contribution in [0, 0.1) is 6.92 Å². The number of thioether (sulfide) groups is 1. The first-order valence-electron chi connectivity index (χ1n) is 9.38. The summed E-state index contributed by atoms with van der Waals surface area (Å²) in [7, 11) is 0. The fourth-order valence-corrected chi connectivity index (χ4v) is 3.85. The van der Waals surface area contributed by atoms with E-state index in [0.29, 0.717) is 29.0 Å². The number of rotatable bonds is 8. The summed E-state index contributed by atoms with van der Waals surface area (Å²) in [6.45, 7) is 7.10. The summed E-state index contributed by atoms with van der Waals surface area (Å²) in [4.78, 5) is 12.4. The van der Waals surface area contributed by atoms with Gasteiger partial charge in [-0.15, -0.1) is 10.2 Å². The summed E-state index contributed by atoms with van der Waals surface area (Å²) in [6.07, 6.45) is 0. The Bertz CT molecular complexity index is 1010. The fraction of sp³-hybridized carbons (Fsp3) is 0.286. The molecule has 0 aliphatic heterocycles. The first kappa shape index (κ1) is 21.2. The van der Waals surface area contributed by atoms with Gasteiger partial charge in [0.05, 0.1) is 17.9 Å². The van der Waals surface area contributed by atoms with Crippen LogP contribution in [0.2, 0.25) is 5.02 Å². The van der Waals surface area contributed by atoms with Crippen LogP contribution in [0.5, 0.6) is 5.75 Å². The van der Waals surface area contributed by atoms with E-state index in [0.717, 1.165) is 22.7 Å². The van der Waals surface area contributed by atoms with E-state index in [2.05, 4.69) is 15.5 Å². The Morgan fingerprint density at radius 2 is 1.97 bits per heavy atom. The van der Waals surface area contributed by atoms with E-state index in [1.807, 2.05) is 61.7 Å². The van der Waals surface area contributed by atoms with E-state index in [1.54, 1.807) is 6.07 Å². The zero-order chi connectivity index (χ0) is 20.8. The summed E-state index contributed by atoms with van der Waals surface area (Å²) in [6, 6.07) is 13.2.